The van der Waals surface area contributed by atoms with Gasteiger partial charge in [-0.1, -0.05) is 43.5 Å². The van der Waals surface area contributed by atoms with Crippen LogP contribution in [0, 0.1) is 0 Å². The molecule has 0 heterocycles. The van der Waals surface area contributed by atoms with Crippen molar-refractivity contribution in [3.05, 3.63) is 35.4 Å². The molecule has 2 N–H and O–H groups in total. The molecule has 2 heteroatoms. The molecule has 1 aliphatic carbocycles. The Morgan fingerprint density at radius 2 is 1.89 bits per heavy atom. The minimum atomic E-state index is 0.145. The standard InChI is InChI=1S/C16H25NO/c1-13(18-2)14-8-4-5-9-15(14)16(12-17)10-6-3-7-11-16/h4-5,8-9,13H,3,6-7,10-12,17H2,1-2H3. The minimum Gasteiger partial charge on any atom is -0.377 e. The molecular weight excluding hydrogens is 222 g/mol. The van der Waals surface area contributed by atoms with E-state index in [2.05, 4.69) is 31.2 Å². The third-order valence-electron chi connectivity index (χ3n) is 4.53. The van der Waals surface area contributed by atoms with Crippen LogP contribution in [0.15, 0.2) is 24.3 Å². The van der Waals surface area contributed by atoms with E-state index in [0.717, 1.165) is 6.54 Å². The molecule has 2 nitrogen and oxygen atoms in total. The van der Waals surface area contributed by atoms with Crippen molar-refractivity contribution in [1.82, 2.24) is 0 Å². The number of nitrogens with two attached hydrogens (primary N) is 1. The predicted octanol–water partition coefficient (Wildman–Crippen LogP) is 3.55. The normalized spacial score (nSPS) is 20.6. The van der Waals surface area contributed by atoms with Gasteiger partial charge in [0.1, 0.15) is 0 Å². The maximum atomic E-state index is 6.14. The minimum absolute atomic E-state index is 0.145. The molecule has 1 aromatic carbocycles. The van der Waals surface area contributed by atoms with Gasteiger partial charge in [-0.15, -0.1) is 0 Å². The first-order chi connectivity index (χ1) is 8.73. The number of hydrogen-bond acceptors (Lipinski definition) is 2. The molecule has 2 rings (SSSR count). The Hall–Kier alpha value is -0.860. The lowest BCUT2D eigenvalue weighted by Crippen LogP contribution is -2.38. The molecule has 1 atom stereocenters. The van der Waals surface area contributed by atoms with Crippen LogP contribution in [0.5, 0.6) is 0 Å². The molecule has 1 fully saturated rings. The van der Waals surface area contributed by atoms with Crippen LogP contribution >= 0.6 is 0 Å². The van der Waals surface area contributed by atoms with E-state index in [1.807, 2.05) is 0 Å². The number of hydrogen-bond donors (Lipinski definition) is 1. The van der Waals surface area contributed by atoms with Crippen LogP contribution in [0.2, 0.25) is 0 Å². The summed E-state index contributed by atoms with van der Waals surface area (Å²) in [7, 11) is 1.78. The molecule has 1 aromatic rings. The fraction of sp³-hybridized carbons (Fsp3) is 0.625. The molecule has 1 aliphatic rings. The predicted molar refractivity (Wildman–Crippen MR) is 75.7 cm³/mol. The molecule has 0 bridgehead atoms. The van der Waals surface area contributed by atoms with Crippen LogP contribution in [0.4, 0.5) is 0 Å². The highest BCUT2D eigenvalue weighted by molar-refractivity contribution is 5.36. The largest absolute Gasteiger partial charge is 0.377 e. The SMILES string of the molecule is COC(C)c1ccccc1C1(CN)CCCCC1. The van der Waals surface area contributed by atoms with Crippen molar-refractivity contribution in [3.8, 4) is 0 Å². The van der Waals surface area contributed by atoms with Gasteiger partial charge >= 0.3 is 0 Å². The van der Waals surface area contributed by atoms with Crippen molar-refractivity contribution in [2.45, 2.75) is 50.5 Å². The van der Waals surface area contributed by atoms with Gasteiger partial charge in [0.15, 0.2) is 0 Å². The monoisotopic (exact) mass is 247 g/mol. The van der Waals surface area contributed by atoms with Crippen LogP contribution in [-0.2, 0) is 10.2 Å². The average Bonchev–Trinajstić information content (AvgIpc) is 2.47. The molecular formula is C16H25NO. The number of benzene rings is 1. The molecule has 1 unspecified atom stereocenters. The Balaban J connectivity index is 2.41. The zero-order chi connectivity index (χ0) is 13.0. The first kappa shape index (κ1) is 13.6. The summed E-state index contributed by atoms with van der Waals surface area (Å²) in [4.78, 5) is 0. The van der Waals surface area contributed by atoms with E-state index >= 15 is 0 Å². The van der Waals surface area contributed by atoms with Crippen LogP contribution in [-0.4, -0.2) is 13.7 Å². The average molecular weight is 247 g/mol. The smallest absolute Gasteiger partial charge is 0.0795 e. The van der Waals surface area contributed by atoms with Gasteiger partial charge in [0.2, 0.25) is 0 Å². The maximum absolute atomic E-state index is 6.14. The Labute approximate surface area is 111 Å². The van der Waals surface area contributed by atoms with E-state index in [1.54, 1.807) is 7.11 Å². The van der Waals surface area contributed by atoms with Gasteiger partial charge in [-0.25, -0.2) is 0 Å². The highest BCUT2D eigenvalue weighted by Crippen LogP contribution is 2.41. The van der Waals surface area contributed by atoms with Gasteiger partial charge in [-0.2, -0.15) is 0 Å². The van der Waals surface area contributed by atoms with Crippen molar-refractivity contribution in [3.63, 3.8) is 0 Å². The second-order valence-electron chi connectivity index (χ2n) is 5.51. The number of rotatable bonds is 4. The topological polar surface area (TPSA) is 35.2 Å². The Morgan fingerprint density at radius 3 is 2.50 bits per heavy atom. The summed E-state index contributed by atoms with van der Waals surface area (Å²) in [5.41, 5.74) is 9.05. The van der Waals surface area contributed by atoms with E-state index in [-0.39, 0.29) is 11.5 Å². The molecule has 0 saturated heterocycles. The lowest BCUT2D eigenvalue weighted by Gasteiger charge is -2.39. The van der Waals surface area contributed by atoms with Crippen molar-refractivity contribution >= 4 is 0 Å². The van der Waals surface area contributed by atoms with E-state index in [9.17, 15) is 0 Å². The summed E-state index contributed by atoms with van der Waals surface area (Å²) in [5.74, 6) is 0. The van der Waals surface area contributed by atoms with Crippen molar-refractivity contribution in [2.75, 3.05) is 13.7 Å². The molecule has 100 valence electrons. The second-order valence-corrected chi connectivity index (χ2v) is 5.51. The van der Waals surface area contributed by atoms with E-state index in [1.165, 1.54) is 43.2 Å². The zero-order valence-electron chi connectivity index (χ0n) is 11.6. The third-order valence-corrected chi connectivity index (χ3v) is 4.53. The van der Waals surface area contributed by atoms with Crippen LogP contribution in [0.3, 0.4) is 0 Å². The molecule has 0 amide bonds. The summed E-state index contributed by atoms with van der Waals surface area (Å²) in [6.45, 7) is 2.87. The van der Waals surface area contributed by atoms with Crippen LogP contribution in [0.25, 0.3) is 0 Å². The molecule has 18 heavy (non-hydrogen) atoms. The lowest BCUT2D eigenvalue weighted by atomic mass is 9.68. The van der Waals surface area contributed by atoms with Crippen LogP contribution < -0.4 is 5.73 Å². The summed E-state index contributed by atoms with van der Waals surface area (Å²) in [6.07, 6.45) is 6.53. The summed E-state index contributed by atoms with van der Waals surface area (Å²) in [5, 5.41) is 0. The second kappa shape index (κ2) is 5.85. The van der Waals surface area contributed by atoms with Crippen molar-refractivity contribution in [1.29, 1.82) is 0 Å². The lowest BCUT2D eigenvalue weighted by molar-refractivity contribution is 0.116. The quantitative estimate of drug-likeness (QED) is 0.883. The fourth-order valence-electron chi connectivity index (χ4n) is 3.27. The zero-order valence-corrected chi connectivity index (χ0v) is 11.6. The molecule has 0 radical (unpaired) electrons. The highest BCUT2D eigenvalue weighted by atomic mass is 16.5. The molecule has 0 aliphatic heterocycles. The van der Waals surface area contributed by atoms with E-state index in [4.69, 9.17) is 10.5 Å². The molecule has 0 aromatic heterocycles. The summed E-state index contributed by atoms with van der Waals surface area (Å²) < 4.78 is 5.52. The van der Waals surface area contributed by atoms with E-state index in [0.29, 0.717) is 0 Å². The fourth-order valence-corrected chi connectivity index (χ4v) is 3.27. The van der Waals surface area contributed by atoms with Gasteiger partial charge < -0.3 is 10.5 Å². The van der Waals surface area contributed by atoms with Gasteiger partial charge in [-0.3, -0.25) is 0 Å². The third kappa shape index (κ3) is 2.45. The first-order valence-electron chi connectivity index (χ1n) is 7.06. The summed E-state index contributed by atoms with van der Waals surface area (Å²) in [6, 6.07) is 8.67. The van der Waals surface area contributed by atoms with Crippen LogP contribution in [0.1, 0.15) is 56.3 Å². The van der Waals surface area contributed by atoms with Gasteiger partial charge in [0.25, 0.3) is 0 Å². The number of ether oxygens (including phenoxy) is 1. The Bertz CT molecular complexity index is 382. The number of methoxy groups -OCH3 is 1. The van der Waals surface area contributed by atoms with E-state index < -0.39 is 0 Å². The van der Waals surface area contributed by atoms with Gasteiger partial charge in [0, 0.05) is 19.1 Å². The summed E-state index contributed by atoms with van der Waals surface area (Å²) >= 11 is 0. The van der Waals surface area contributed by atoms with Gasteiger partial charge in [-0.05, 0) is 30.9 Å². The Kier molecular flexibility index (Phi) is 4.41. The highest BCUT2D eigenvalue weighted by Gasteiger charge is 2.34. The molecule has 1 saturated carbocycles. The van der Waals surface area contributed by atoms with Crippen molar-refractivity contribution in [2.24, 2.45) is 5.73 Å². The maximum Gasteiger partial charge on any atom is 0.0795 e. The van der Waals surface area contributed by atoms with Crippen molar-refractivity contribution < 1.29 is 4.74 Å². The first-order valence-corrected chi connectivity index (χ1v) is 7.06. The Morgan fingerprint density at radius 1 is 1.22 bits per heavy atom. The molecule has 0 spiro atoms. The van der Waals surface area contributed by atoms with Gasteiger partial charge in [0.05, 0.1) is 6.10 Å².